The second kappa shape index (κ2) is 8.55. The van der Waals surface area contributed by atoms with Gasteiger partial charge in [0.2, 0.25) is 0 Å². The summed E-state index contributed by atoms with van der Waals surface area (Å²) in [4.78, 5) is 12.2. The van der Waals surface area contributed by atoms with Crippen molar-refractivity contribution in [2.75, 3.05) is 20.0 Å². The van der Waals surface area contributed by atoms with Crippen LogP contribution in [0.3, 0.4) is 0 Å². The zero-order valence-electron chi connectivity index (χ0n) is 15.4. The molecular weight excluding hydrogens is 330 g/mol. The molecule has 0 amide bonds. The van der Waals surface area contributed by atoms with E-state index in [-0.39, 0.29) is 18.7 Å². The Morgan fingerprint density at radius 2 is 2.19 bits per heavy atom. The average molecular weight is 357 g/mol. The molecule has 5 heteroatoms. The molecule has 0 bridgehead atoms. The topological polar surface area (TPSA) is 68.6 Å². The highest BCUT2D eigenvalue weighted by molar-refractivity contribution is 5.73. The summed E-state index contributed by atoms with van der Waals surface area (Å²) >= 11 is 0. The maximum absolute atomic E-state index is 12.2. The predicted molar refractivity (Wildman–Crippen MR) is 96.5 cm³/mol. The van der Waals surface area contributed by atoms with Crippen molar-refractivity contribution in [2.45, 2.75) is 50.9 Å². The molecule has 1 aromatic rings. The summed E-state index contributed by atoms with van der Waals surface area (Å²) in [6, 6.07) is 10.1. The van der Waals surface area contributed by atoms with E-state index in [9.17, 15) is 10.1 Å². The number of rotatable bonds is 8. The van der Waals surface area contributed by atoms with Crippen LogP contribution in [0.2, 0.25) is 0 Å². The minimum absolute atomic E-state index is 0.187. The minimum Gasteiger partial charge on any atom is -0.468 e. The van der Waals surface area contributed by atoms with Gasteiger partial charge in [-0.25, -0.2) is 0 Å². The van der Waals surface area contributed by atoms with Crippen LogP contribution in [0.5, 0.6) is 5.75 Å². The third kappa shape index (κ3) is 4.56. The van der Waals surface area contributed by atoms with Crippen LogP contribution in [0, 0.1) is 23.2 Å². The van der Waals surface area contributed by atoms with Gasteiger partial charge >= 0.3 is 5.97 Å². The summed E-state index contributed by atoms with van der Waals surface area (Å²) < 4.78 is 16.4. The first-order valence-corrected chi connectivity index (χ1v) is 9.56. The average Bonchev–Trinajstić information content (AvgIpc) is 3.50. The number of carbonyl (C=O) groups is 1. The van der Waals surface area contributed by atoms with Crippen molar-refractivity contribution in [2.24, 2.45) is 11.8 Å². The quantitative estimate of drug-likeness (QED) is 0.400. The van der Waals surface area contributed by atoms with E-state index in [0.717, 1.165) is 31.4 Å². The van der Waals surface area contributed by atoms with E-state index < -0.39 is 5.41 Å². The Kier molecular flexibility index (Phi) is 6.16. The monoisotopic (exact) mass is 357 g/mol. The molecule has 2 saturated carbocycles. The van der Waals surface area contributed by atoms with Crippen LogP contribution in [0.25, 0.3) is 0 Å². The standard InChI is InChI=1S/C21H27NO4/c1-2-25-20(23)17-5-4-10-21(12-17,14-22)18-6-3-7-19(11-18)26-15-24-13-16-8-9-16/h3,6-7,11,16-17H,2,4-5,8-10,12-13,15H2,1H3. The summed E-state index contributed by atoms with van der Waals surface area (Å²) in [6.07, 6.45) is 5.38. The molecule has 5 nitrogen and oxygen atoms in total. The fourth-order valence-electron chi connectivity index (χ4n) is 3.66. The number of esters is 1. The van der Waals surface area contributed by atoms with Gasteiger partial charge in [-0.2, -0.15) is 5.26 Å². The van der Waals surface area contributed by atoms with Crippen LogP contribution in [-0.2, 0) is 19.7 Å². The summed E-state index contributed by atoms with van der Waals surface area (Å²) in [5.74, 6) is 1.00. The van der Waals surface area contributed by atoms with E-state index >= 15 is 0 Å². The molecule has 26 heavy (non-hydrogen) atoms. The largest absolute Gasteiger partial charge is 0.468 e. The van der Waals surface area contributed by atoms with Crippen LogP contribution in [0.4, 0.5) is 0 Å². The number of carbonyl (C=O) groups excluding carboxylic acids is 1. The maximum atomic E-state index is 12.2. The number of nitriles is 1. The third-order valence-electron chi connectivity index (χ3n) is 5.33. The first-order valence-electron chi connectivity index (χ1n) is 9.56. The predicted octanol–water partition coefficient (Wildman–Crippen LogP) is 3.96. The Balaban J connectivity index is 1.67. The van der Waals surface area contributed by atoms with E-state index in [1.807, 2.05) is 31.2 Å². The number of ether oxygens (including phenoxy) is 3. The highest BCUT2D eigenvalue weighted by Crippen LogP contribution is 2.43. The lowest BCUT2D eigenvalue weighted by Crippen LogP contribution is -2.35. The molecule has 0 spiro atoms. The van der Waals surface area contributed by atoms with Crippen LogP contribution >= 0.6 is 0 Å². The Bertz CT molecular complexity index is 664. The smallest absolute Gasteiger partial charge is 0.308 e. The van der Waals surface area contributed by atoms with Crippen LogP contribution in [0.15, 0.2) is 24.3 Å². The van der Waals surface area contributed by atoms with Gasteiger partial charge in [0.1, 0.15) is 5.75 Å². The van der Waals surface area contributed by atoms with Crippen LogP contribution < -0.4 is 4.74 Å². The molecule has 2 atom stereocenters. The molecule has 0 N–H and O–H groups in total. The Morgan fingerprint density at radius 1 is 1.35 bits per heavy atom. The first-order chi connectivity index (χ1) is 12.7. The fourth-order valence-corrected chi connectivity index (χ4v) is 3.66. The second-order valence-corrected chi connectivity index (χ2v) is 7.34. The zero-order chi connectivity index (χ0) is 18.4. The highest BCUT2D eigenvalue weighted by atomic mass is 16.7. The van der Waals surface area contributed by atoms with Crippen molar-refractivity contribution >= 4 is 5.97 Å². The lowest BCUT2D eigenvalue weighted by atomic mass is 9.66. The Labute approximate surface area is 155 Å². The van der Waals surface area contributed by atoms with Gasteiger partial charge in [0, 0.05) is 0 Å². The zero-order valence-corrected chi connectivity index (χ0v) is 15.4. The number of hydrogen-bond donors (Lipinski definition) is 0. The molecule has 2 aliphatic carbocycles. The van der Waals surface area contributed by atoms with Gasteiger partial charge in [-0.1, -0.05) is 18.6 Å². The van der Waals surface area contributed by atoms with Gasteiger partial charge in [-0.3, -0.25) is 4.79 Å². The van der Waals surface area contributed by atoms with Gasteiger partial charge in [0.05, 0.1) is 30.6 Å². The maximum Gasteiger partial charge on any atom is 0.308 e. The Morgan fingerprint density at radius 3 is 2.92 bits per heavy atom. The molecule has 0 saturated heterocycles. The number of hydrogen-bond acceptors (Lipinski definition) is 5. The van der Waals surface area contributed by atoms with Crippen molar-refractivity contribution in [1.29, 1.82) is 5.26 Å². The highest BCUT2D eigenvalue weighted by Gasteiger charge is 2.41. The van der Waals surface area contributed by atoms with E-state index in [1.165, 1.54) is 12.8 Å². The second-order valence-electron chi connectivity index (χ2n) is 7.34. The summed E-state index contributed by atoms with van der Waals surface area (Å²) in [6.45, 7) is 3.16. The molecule has 0 heterocycles. The van der Waals surface area contributed by atoms with Crippen molar-refractivity contribution in [3.63, 3.8) is 0 Å². The number of benzene rings is 1. The lowest BCUT2D eigenvalue weighted by Gasteiger charge is -2.35. The molecule has 1 aromatic carbocycles. The van der Waals surface area contributed by atoms with E-state index in [0.29, 0.717) is 24.7 Å². The van der Waals surface area contributed by atoms with Gasteiger partial charge in [0.25, 0.3) is 0 Å². The fraction of sp³-hybridized carbons (Fsp3) is 0.619. The summed E-state index contributed by atoms with van der Waals surface area (Å²) in [5.41, 5.74) is 0.248. The van der Waals surface area contributed by atoms with Crippen LogP contribution in [-0.4, -0.2) is 26.0 Å². The van der Waals surface area contributed by atoms with Crippen LogP contribution in [0.1, 0.15) is 51.0 Å². The molecule has 140 valence electrons. The normalized spacial score (nSPS) is 25.3. The summed E-state index contributed by atoms with van der Waals surface area (Å²) in [5, 5.41) is 9.93. The molecular formula is C21H27NO4. The van der Waals surface area contributed by atoms with E-state index in [2.05, 4.69) is 6.07 Å². The first kappa shape index (κ1) is 18.7. The third-order valence-corrected chi connectivity index (χ3v) is 5.33. The molecule has 0 aromatic heterocycles. The molecule has 0 aliphatic heterocycles. The summed E-state index contributed by atoms with van der Waals surface area (Å²) in [7, 11) is 0. The van der Waals surface area contributed by atoms with Crippen molar-refractivity contribution < 1.29 is 19.0 Å². The van der Waals surface area contributed by atoms with Gasteiger partial charge in [0.15, 0.2) is 6.79 Å². The van der Waals surface area contributed by atoms with Crippen molar-refractivity contribution in [3.05, 3.63) is 29.8 Å². The molecule has 3 rings (SSSR count). The van der Waals surface area contributed by atoms with Gasteiger partial charge in [-0.05, 0) is 62.6 Å². The van der Waals surface area contributed by atoms with Crippen molar-refractivity contribution in [3.8, 4) is 11.8 Å². The number of nitrogens with zero attached hydrogens (tertiary/aromatic N) is 1. The Hall–Kier alpha value is -2.06. The molecule has 2 unspecified atom stereocenters. The van der Waals surface area contributed by atoms with Gasteiger partial charge < -0.3 is 14.2 Å². The van der Waals surface area contributed by atoms with E-state index in [1.54, 1.807) is 0 Å². The van der Waals surface area contributed by atoms with Gasteiger partial charge in [-0.15, -0.1) is 0 Å². The van der Waals surface area contributed by atoms with E-state index in [4.69, 9.17) is 14.2 Å². The van der Waals surface area contributed by atoms with Crippen molar-refractivity contribution in [1.82, 2.24) is 0 Å². The molecule has 0 radical (unpaired) electrons. The lowest BCUT2D eigenvalue weighted by molar-refractivity contribution is -0.149. The molecule has 2 fully saturated rings. The minimum atomic E-state index is -0.663. The SMILES string of the molecule is CCOC(=O)C1CCCC(C#N)(c2cccc(OCOCC3CC3)c2)C1. The molecule has 2 aliphatic rings.